The maximum absolute atomic E-state index is 6.26. The summed E-state index contributed by atoms with van der Waals surface area (Å²) in [6.07, 6.45) is 8.53. The number of fused-ring (bicyclic) bond motifs is 1. The van der Waals surface area contributed by atoms with E-state index in [1.807, 2.05) is 24.0 Å². The number of halogens is 1. The Kier molecular flexibility index (Phi) is 6.73. The van der Waals surface area contributed by atoms with E-state index in [-0.39, 0.29) is 6.04 Å². The second-order valence-corrected chi connectivity index (χ2v) is 6.53. The summed E-state index contributed by atoms with van der Waals surface area (Å²) in [4.78, 5) is 8.60. The quantitative estimate of drug-likeness (QED) is 0.576. The molecule has 0 aliphatic carbocycles. The first-order chi connectivity index (χ1) is 10.7. The van der Waals surface area contributed by atoms with Gasteiger partial charge in [-0.1, -0.05) is 24.9 Å². The van der Waals surface area contributed by atoms with Gasteiger partial charge in [0.2, 0.25) is 5.88 Å². The molecule has 120 valence electrons. The van der Waals surface area contributed by atoms with E-state index in [2.05, 4.69) is 23.1 Å². The molecular weight excluding hydrogens is 318 g/mol. The lowest BCUT2D eigenvalue weighted by Gasteiger charge is -2.15. The van der Waals surface area contributed by atoms with E-state index in [4.69, 9.17) is 22.1 Å². The molecule has 2 aromatic heterocycles. The molecule has 0 radical (unpaired) electrons. The molecule has 0 amide bonds. The number of aromatic nitrogens is 2. The largest absolute Gasteiger partial charge is 0.477 e. The predicted octanol–water partition coefficient (Wildman–Crippen LogP) is 4.22. The molecule has 0 aliphatic rings. The Morgan fingerprint density at radius 2 is 2.14 bits per heavy atom. The minimum atomic E-state index is -0.0518. The molecule has 1 atom stereocenters. The highest BCUT2D eigenvalue weighted by atomic mass is 35.5. The molecule has 0 aliphatic heterocycles. The molecule has 0 bridgehead atoms. The van der Waals surface area contributed by atoms with Crippen LogP contribution < -0.4 is 10.5 Å². The molecule has 2 aromatic rings. The van der Waals surface area contributed by atoms with Crippen molar-refractivity contribution in [1.82, 2.24) is 9.97 Å². The molecule has 2 N–H and O–H groups in total. The fourth-order valence-electron chi connectivity index (χ4n) is 2.36. The molecule has 2 rings (SSSR count). The van der Waals surface area contributed by atoms with E-state index < -0.39 is 0 Å². The second kappa shape index (κ2) is 8.56. The van der Waals surface area contributed by atoms with Crippen LogP contribution >= 0.6 is 23.4 Å². The Bertz CT molecular complexity index is 624. The van der Waals surface area contributed by atoms with Crippen molar-refractivity contribution in [1.29, 1.82) is 0 Å². The van der Waals surface area contributed by atoms with Crippen molar-refractivity contribution >= 4 is 34.1 Å². The lowest BCUT2D eigenvalue weighted by Crippen LogP contribution is -2.11. The number of hydrogen-bond acceptors (Lipinski definition) is 5. The zero-order valence-corrected chi connectivity index (χ0v) is 14.6. The van der Waals surface area contributed by atoms with E-state index in [1.54, 1.807) is 6.20 Å². The van der Waals surface area contributed by atoms with Crippen molar-refractivity contribution in [2.75, 3.05) is 18.6 Å². The number of rotatable bonds is 8. The third-order valence-electron chi connectivity index (χ3n) is 3.46. The minimum Gasteiger partial charge on any atom is -0.477 e. The molecule has 2 heterocycles. The summed E-state index contributed by atoms with van der Waals surface area (Å²) in [5, 5.41) is 2.31. The van der Waals surface area contributed by atoms with Gasteiger partial charge >= 0.3 is 0 Å². The first kappa shape index (κ1) is 17.3. The number of hydrogen-bond donors (Lipinski definition) is 1. The predicted molar refractivity (Wildman–Crippen MR) is 94.9 cm³/mol. The van der Waals surface area contributed by atoms with Gasteiger partial charge in [-0.05, 0) is 41.9 Å². The lowest BCUT2D eigenvalue weighted by molar-refractivity contribution is 0.310. The number of pyridine rings is 2. The van der Waals surface area contributed by atoms with Gasteiger partial charge in [-0.3, -0.25) is 0 Å². The van der Waals surface area contributed by atoms with E-state index in [0.29, 0.717) is 17.6 Å². The Balaban J connectivity index is 2.34. The van der Waals surface area contributed by atoms with Gasteiger partial charge in [-0.15, -0.1) is 0 Å². The van der Waals surface area contributed by atoms with Crippen LogP contribution in [0.3, 0.4) is 0 Å². The number of nitrogens with zero attached hydrogens (tertiary/aromatic N) is 2. The zero-order chi connectivity index (χ0) is 15.9. The van der Waals surface area contributed by atoms with Crippen molar-refractivity contribution in [3.63, 3.8) is 0 Å². The summed E-state index contributed by atoms with van der Waals surface area (Å²) in [6.45, 7) is 2.76. The lowest BCUT2D eigenvalue weighted by atomic mass is 10.00. The molecule has 6 heteroatoms. The number of nitrogens with two attached hydrogens (primary N) is 1. The standard InChI is InChI=1S/C16H22ClN3OS/c1-3-5-14(18)12-9-20-16(21-6-4-7-22-2)13-10-19-15(17)8-11(12)13/h8-10,14H,3-7,18H2,1-2H3. The fraction of sp³-hybridized carbons (Fsp3) is 0.500. The average Bonchev–Trinajstić information content (AvgIpc) is 2.51. The van der Waals surface area contributed by atoms with Crippen LogP contribution in [0.25, 0.3) is 10.8 Å². The van der Waals surface area contributed by atoms with Crippen LogP contribution in [0.5, 0.6) is 5.88 Å². The van der Waals surface area contributed by atoms with Crippen LogP contribution in [0.2, 0.25) is 5.15 Å². The van der Waals surface area contributed by atoms with Gasteiger partial charge < -0.3 is 10.5 Å². The smallest absolute Gasteiger partial charge is 0.222 e. The van der Waals surface area contributed by atoms with Crippen LogP contribution in [0.15, 0.2) is 18.5 Å². The number of thioether (sulfide) groups is 1. The minimum absolute atomic E-state index is 0.0518. The van der Waals surface area contributed by atoms with Crippen LogP contribution in [-0.4, -0.2) is 28.6 Å². The first-order valence-corrected chi connectivity index (χ1v) is 9.26. The van der Waals surface area contributed by atoms with Crippen LogP contribution in [0.4, 0.5) is 0 Å². The number of ether oxygens (including phenoxy) is 1. The van der Waals surface area contributed by atoms with Gasteiger partial charge in [0.1, 0.15) is 5.15 Å². The topological polar surface area (TPSA) is 61.0 Å². The van der Waals surface area contributed by atoms with Crippen LogP contribution in [0.1, 0.15) is 37.8 Å². The summed E-state index contributed by atoms with van der Waals surface area (Å²) >= 11 is 7.86. The Labute approximate surface area is 140 Å². The highest BCUT2D eigenvalue weighted by Gasteiger charge is 2.14. The molecule has 22 heavy (non-hydrogen) atoms. The molecule has 0 aromatic carbocycles. The molecule has 0 saturated carbocycles. The average molecular weight is 340 g/mol. The Morgan fingerprint density at radius 1 is 1.32 bits per heavy atom. The first-order valence-electron chi connectivity index (χ1n) is 7.48. The zero-order valence-electron chi connectivity index (χ0n) is 13.0. The van der Waals surface area contributed by atoms with E-state index in [9.17, 15) is 0 Å². The van der Waals surface area contributed by atoms with Crippen molar-refractivity contribution < 1.29 is 4.74 Å². The fourth-order valence-corrected chi connectivity index (χ4v) is 2.92. The maximum atomic E-state index is 6.26. The third-order valence-corrected chi connectivity index (χ3v) is 4.37. The summed E-state index contributed by atoms with van der Waals surface area (Å²) in [7, 11) is 0. The van der Waals surface area contributed by atoms with Crippen molar-refractivity contribution in [3.8, 4) is 5.88 Å². The molecule has 0 spiro atoms. The summed E-state index contributed by atoms with van der Waals surface area (Å²) in [5.74, 6) is 1.68. The SMILES string of the molecule is CCCC(N)c1cnc(OCCCSC)c2cnc(Cl)cc12. The van der Waals surface area contributed by atoms with Crippen molar-refractivity contribution in [3.05, 3.63) is 29.2 Å². The van der Waals surface area contributed by atoms with Gasteiger partial charge in [0.05, 0.1) is 12.0 Å². The van der Waals surface area contributed by atoms with Crippen LogP contribution in [-0.2, 0) is 0 Å². The van der Waals surface area contributed by atoms with Crippen molar-refractivity contribution in [2.45, 2.75) is 32.2 Å². The van der Waals surface area contributed by atoms with Crippen molar-refractivity contribution in [2.24, 2.45) is 5.73 Å². The van der Waals surface area contributed by atoms with E-state index in [0.717, 1.165) is 41.4 Å². The van der Waals surface area contributed by atoms with Gasteiger partial charge in [0.15, 0.2) is 0 Å². The molecule has 4 nitrogen and oxygen atoms in total. The van der Waals surface area contributed by atoms with Crippen LogP contribution in [0, 0.1) is 0 Å². The third kappa shape index (κ3) is 4.24. The van der Waals surface area contributed by atoms with Gasteiger partial charge in [0.25, 0.3) is 0 Å². The second-order valence-electron chi connectivity index (χ2n) is 5.16. The summed E-state index contributed by atoms with van der Waals surface area (Å²) < 4.78 is 5.81. The van der Waals surface area contributed by atoms with E-state index in [1.165, 1.54) is 0 Å². The molecule has 0 saturated heterocycles. The molecule has 1 unspecified atom stereocenters. The Morgan fingerprint density at radius 3 is 2.86 bits per heavy atom. The summed E-state index contributed by atoms with van der Waals surface area (Å²) in [6, 6.07) is 1.79. The van der Waals surface area contributed by atoms with E-state index >= 15 is 0 Å². The molecule has 0 fully saturated rings. The van der Waals surface area contributed by atoms with Gasteiger partial charge in [0, 0.05) is 18.4 Å². The summed E-state index contributed by atoms with van der Waals surface area (Å²) in [5.41, 5.74) is 7.26. The Hall–Kier alpha value is -1.04. The highest BCUT2D eigenvalue weighted by molar-refractivity contribution is 7.98. The molecular formula is C16H22ClN3OS. The monoisotopic (exact) mass is 339 g/mol. The normalized spacial score (nSPS) is 12.5. The van der Waals surface area contributed by atoms with Gasteiger partial charge in [-0.25, -0.2) is 9.97 Å². The van der Waals surface area contributed by atoms with Gasteiger partial charge in [-0.2, -0.15) is 11.8 Å². The maximum Gasteiger partial charge on any atom is 0.222 e. The highest BCUT2D eigenvalue weighted by Crippen LogP contribution is 2.31.